The van der Waals surface area contributed by atoms with Crippen molar-refractivity contribution in [2.45, 2.75) is 11.8 Å². The molecule has 4 aromatic rings. The van der Waals surface area contributed by atoms with E-state index in [1.54, 1.807) is 22.6 Å². The lowest BCUT2D eigenvalue weighted by molar-refractivity contribution is 0.102. The van der Waals surface area contributed by atoms with Gasteiger partial charge in [-0.1, -0.05) is 35.6 Å². The topological polar surface area (TPSA) is 59.8 Å². The van der Waals surface area contributed by atoms with Gasteiger partial charge in [-0.15, -0.1) is 11.8 Å². The van der Waals surface area contributed by atoms with E-state index in [0.717, 1.165) is 26.5 Å². The largest absolute Gasteiger partial charge is 0.298 e. The van der Waals surface area contributed by atoms with E-state index in [1.165, 1.54) is 11.3 Å². The standard InChI is InChI=1S/C19H16N4OS2/c1-12-14(11-20-23(12)13-7-4-3-5-8-13)18(24)22-19-21-17-15(25-2)9-6-10-16(17)26-19/h3-11H,1-2H3,(H,21,22,24). The summed E-state index contributed by atoms with van der Waals surface area (Å²) in [5.74, 6) is -0.200. The molecule has 0 bridgehead atoms. The molecule has 1 amide bonds. The molecule has 130 valence electrons. The molecule has 4 rings (SSSR count). The summed E-state index contributed by atoms with van der Waals surface area (Å²) in [6.45, 7) is 1.89. The van der Waals surface area contributed by atoms with Gasteiger partial charge in [0, 0.05) is 4.90 Å². The van der Waals surface area contributed by atoms with E-state index >= 15 is 0 Å². The van der Waals surface area contributed by atoms with Crippen LogP contribution in [0.4, 0.5) is 5.13 Å². The summed E-state index contributed by atoms with van der Waals surface area (Å²) >= 11 is 3.12. The second-order valence-electron chi connectivity index (χ2n) is 5.67. The lowest BCUT2D eigenvalue weighted by Gasteiger charge is -2.05. The Morgan fingerprint density at radius 2 is 1.96 bits per heavy atom. The van der Waals surface area contributed by atoms with Crippen LogP contribution in [0.1, 0.15) is 16.1 Å². The van der Waals surface area contributed by atoms with E-state index < -0.39 is 0 Å². The number of carbonyl (C=O) groups is 1. The van der Waals surface area contributed by atoms with Crippen molar-refractivity contribution >= 4 is 44.4 Å². The van der Waals surface area contributed by atoms with E-state index in [0.29, 0.717) is 10.7 Å². The third kappa shape index (κ3) is 3.00. The SMILES string of the molecule is CSc1cccc2sc(NC(=O)c3cnn(-c4ccccc4)c3C)nc12. The zero-order valence-corrected chi connectivity index (χ0v) is 15.9. The van der Waals surface area contributed by atoms with Gasteiger partial charge < -0.3 is 0 Å². The summed E-state index contributed by atoms with van der Waals surface area (Å²) in [6.07, 6.45) is 3.62. The fourth-order valence-electron chi connectivity index (χ4n) is 2.77. The van der Waals surface area contributed by atoms with Crippen molar-refractivity contribution in [3.8, 4) is 5.69 Å². The molecule has 0 atom stereocenters. The molecule has 5 nitrogen and oxygen atoms in total. The summed E-state index contributed by atoms with van der Waals surface area (Å²) in [6, 6.07) is 15.8. The maximum Gasteiger partial charge on any atom is 0.260 e. The lowest BCUT2D eigenvalue weighted by Crippen LogP contribution is -2.12. The third-order valence-corrected chi connectivity index (χ3v) is 5.78. The highest BCUT2D eigenvalue weighted by molar-refractivity contribution is 7.98. The minimum absolute atomic E-state index is 0.200. The maximum atomic E-state index is 12.7. The first-order chi connectivity index (χ1) is 12.7. The molecule has 7 heteroatoms. The summed E-state index contributed by atoms with van der Waals surface area (Å²) in [5.41, 5.74) is 3.18. The number of hydrogen-bond acceptors (Lipinski definition) is 5. The molecule has 2 aromatic carbocycles. The molecule has 0 saturated carbocycles. The van der Waals surface area contributed by atoms with Gasteiger partial charge in [-0.25, -0.2) is 9.67 Å². The number of aromatic nitrogens is 3. The van der Waals surface area contributed by atoms with Crippen molar-refractivity contribution in [3.05, 3.63) is 66.0 Å². The number of hydrogen-bond donors (Lipinski definition) is 1. The number of thiazole rings is 1. The number of nitrogens with zero attached hydrogens (tertiary/aromatic N) is 3. The number of fused-ring (bicyclic) bond motifs is 1. The Bertz CT molecular complexity index is 1090. The van der Waals surface area contributed by atoms with Crippen LogP contribution >= 0.6 is 23.1 Å². The Kier molecular flexibility index (Phi) is 4.48. The van der Waals surface area contributed by atoms with Crippen LogP contribution < -0.4 is 5.32 Å². The minimum Gasteiger partial charge on any atom is -0.298 e. The number of rotatable bonds is 4. The number of para-hydroxylation sites is 2. The number of anilines is 1. The first-order valence-corrected chi connectivity index (χ1v) is 10.1. The van der Waals surface area contributed by atoms with Crippen molar-refractivity contribution in [2.75, 3.05) is 11.6 Å². The van der Waals surface area contributed by atoms with Gasteiger partial charge in [0.2, 0.25) is 0 Å². The number of carbonyl (C=O) groups excluding carboxylic acids is 1. The number of amides is 1. The van der Waals surface area contributed by atoms with Crippen LogP contribution in [-0.4, -0.2) is 26.9 Å². The van der Waals surface area contributed by atoms with Crippen molar-refractivity contribution in [1.29, 1.82) is 0 Å². The molecule has 0 fully saturated rings. The minimum atomic E-state index is -0.200. The fourth-order valence-corrected chi connectivity index (χ4v) is 4.28. The predicted molar refractivity (Wildman–Crippen MR) is 108 cm³/mol. The van der Waals surface area contributed by atoms with Crippen molar-refractivity contribution < 1.29 is 4.79 Å². The van der Waals surface area contributed by atoms with Crippen LogP contribution in [0.3, 0.4) is 0 Å². The smallest absolute Gasteiger partial charge is 0.260 e. The Morgan fingerprint density at radius 1 is 1.15 bits per heavy atom. The fraction of sp³-hybridized carbons (Fsp3) is 0.105. The van der Waals surface area contributed by atoms with Gasteiger partial charge in [0.1, 0.15) is 0 Å². The monoisotopic (exact) mass is 380 g/mol. The van der Waals surface area contributed by atoms with E-state index in [-0.39, 0.29) is 5.91 Å². The van der Waals surface area contributed by atoms with E-state index in [4.69, 9.17) is 0 Å². The molecule has 0 saturated heterocycles. The van der Waals surface area contributed by atoms with Crippen LogP contribution in [0.5, 0.6) is 0 Å². The van der Waals surface area contributed by atoms with Crippen molar-refractivity contribution in [1.82, 2.24) is 14.8 Å². The van der Waals surface area contributed by atoms with Crippen molar-refractivity contribution in [3.63, 3.8) is 0 Å². The Labute approximate surface area is 159 Å². The van der Waals surface area contributed by atoms with Gasteiger partial charge in [-0.05, 0) is 37.4 Å². The quantitative estimate of drug-likeness (QED) is 0.518. The Hall–Kier alpha value is -2.64. The highest BCUT2D eigenvalue weighted by Gasteiger charge is 2.17. The molecular formula is C19H16N4OS2. The highest BCUT2D eigenvalue weighted by Crippen LogP contribution is 2.32. The molecular weight excluding hydrogens is 364 g/mol. The molecule has 2 heterocycles. The molecule has 0 aliphatic heterocycles. The van der Waals surface area contributed by atoms with Gasteiger partial charge in [0.15, 0.2) is 5.13 Å². The molecule has 26 heavy (non-hydrogen) atoms. The second-order valence-corrected chi connectivity index (χ2v) is 7.55. The molecule has 0 spiro atoms. The average molecular weight is 380 g/mol. The van der Waals surface area contributed by atoms with Gasteiger partial charge >= 0.3 is 0 Å². The van der Waals surface area contributed by atoms with Gasteiger partial charge in [0.05, 0.1) is 33.4 Å². The first-order valence-electron chi connectivity index (χ1n) is 8.02. The van der Waals surface area contributed by atoms with Crippen molar-refractivity contribution in [2.24, 2.45) is 0 Å². The summed E-state index contributed by atoms with van der Waals surface area (Å²) in [4.78, 5) is 18.4. The number of nitrogens with one attached hydrogen (secondary N) is 1. The number of benzene rings is 2. The van der Waals surface area contributed by atoms with E-state index in [1.807, 2.05) is 61.7 Å². The normalized spacial score (nSPS) is 11.0. The average Bonchev–Trinajstić information content (AvgIpc) is 3.25. The third-order valence-electron chi connectivity index (χ3n) is 4.08. The van der Waals surface area contributed by atoms with Gasteiger partial charge in [-0.3, -0.25) is 10.1 Å². The maximum absolute atomic E-state index is 12.7. The molecule has 0 unspecified atom stereocenters. The van der Waals surface area contributed by atoms with Crippen LogP contribution in [-0.2, 0) is 0 Å². The van der Waals surface area contributed by atoms with Crippen LogP contribution in [0.15, 0.2) is 59.6 Å². The highest BCUT2D eigenvalue weighted by atomic mass is 32.2. The molecule has 0 aliphatic carbocycles. The zero-order chi connectivity index (χ0) is 18.1. The lowest BCUT2D eigenvalue weighted by atomic mass is 10.2. The molecule has 0 radical (unpaired) electrons. The Balaban J connectivity index is 1.62. The van der Waals surface area contributed by atoms with Gasteiger partial charge in [0.25, 0.3) is 5.91 Å². The van der Waals surface area contributed by atoms with Crippen LogP contribution in [0.2, 0.25) is 0 Å². The molecule has 0 aliphatic rings. The first kappa shape index (κ1) is 16.8. The van der Waals surface area contributed by atoms with E-state index in [2.05, 4.69) is 15.4 Å². The summed E-state index contributed by atoms with van der Waals surface area (Å²) in [7, 11) is 0. The van der Waals surface area contributed by atoms with Gasteiger partial charge in [-0.2, -0.15) is 5.10 Å². The summed E-state index contributed by atoms with van der Waals surface area (Å²) in [5, 5.41) is 7.86. The second kappa shape index (κ2) is 6.93. The van der Waals surface area contributed by atoms with Crippen LogP contribution in [0, 0.1) is 6.92 Å². The zero-order valence-electron chi connectivity index (χ0n) is 14.3. The molecule has 2 aromatic heterocycles. The Morgan fingerprint density at radius 3 is 2.73 bits per heavy atom. The summed E-state index contributed by atoms with van der Waals surface area (Å²) < 4.78 is 2.82. The van der Waals surface area contributed by atoms with E-state index in [9.17, 15) is 4.79 Å². The van der Waals surface area contributed by atoms with Crippen LogP contribution in [0.25, 0.3) is 15.9 Å². The predicted octanol–water partition coefficient (Wildman–Crippen LogP) is 4.76. The molecule has 1 N–H and O–H groups in total. The number of thioether (sulfide) groups is 1.